The van der Waals surface area contributed by atoms with Gasteiger partial charge in [0.2, 0.25) is 0 Å². The van der Waals surface area contributed by atoms with Crippen molar-refractivity contribution in [1.29, 1.82) is 0 Å². The monoisotopic (exact) mass is 295 g/mol. The first kappa shape index (κ1) is 16.6. The van der Waals surface area contributed by atoms with E-state index >= 15 is 0 Å². The van der Waals surface area contributed by atoms with Crippen LogP contribution in [-0.4, -0.2) is 29.8 Å². The molecule has 1 atom stereocenters. The third-order valence-corrected chi connectivity index (χ3v) is 4.02. The standard InChI is InChI=1S/C15H21NO3S/c1-9(2)13(15(18)19)8-16-14(17)12-7-11(20-4)6-5-10(12)3/h5-7,9,13H,8H2,1-4H3,(H,16,17)(H,18,19). The van der Waals surface area contributed by atoms with E-state index in [-0.39, 0.29) is 18.4 Å². The van der Waals surface area contributed by atoms with Gasteiger partial charge in [0.15, 0.2) is 0 Å². The summed E-state index contributed by atoms with van der Waals surface area (Å²) >= 11 is 1.57. The van der Waals surface area contributed by atoms with Crippen molar-refractivity contribution in [3.8, 4) is 0 Å². The molecule has 110 valence electrons. The summed E-state index contributed by atoms with van der Waals surface area (Å²) in [6.45, 7) is 5.69. The fourth-order valence-corrected chi connectivity index (χ4v) is 2.32. The van der Waals surface area contributed by atoms with Crippen LogP contribution in [0, 0.1) is 18.8 Å². The Morgan fingerprint density at radius 2 is 2.00 bits per heavy atom. The summed E-state index contributed by atoms with van der Waals surface area (Å²) in [5.74, 6) is -1.69. The van der Waals surface area contributed by atoms with E-state index in [1.807, 2.05) is 45.2 Å². The van der Waals surface area contributed by atoms with Gasteiger partial charge in [-0.2, -0.15) is 0 Å². The molecule has 0 bridgehead atoms. The molecule has 0 saturated heterocycles. The van der Waals surface area contributed by atoms with Crippen LogP contribution >= 0.6 is 11.8 Å². The summed E-state index contributed by atoms with van der Waals surface area (Å²) in [4.78, 5) is 24.3. The lowest BCUT2D eigenvalue weighted by atomic mass is 9.96. The van der Waals surface area contributed by atoms with Crippen LogP contribution in [0.2, 0.25) is 0 Å². The number of carboxylic acid groups (broad SMARTS) is 1. The van der Waals surface area contributed by atoms with Gasteiger partial charge in [-0.05, 0) is 36.8 Å². The molecule has 1 rings (SSSR count). The minimum absolute atomic E-state index is 0.0218. The Kier molecular flexibility index (Phi) is 6.07. The van der Waals surface area contributed by atoms with Crippen LogP contribution in [0.5, 0.6) is 0 Å². The number of benzene rings is 1. The number of hydrogen-bond donors (Lipinski definition) is 2. The van der Waals surface area contributed by atoms with Crippen LogP contribution in [0.1, 0.15) is 29.8 Å². The summed E-state index contributed by atoms with van der Waals surface area (Å²) in [5.41, 5.74) is 1.49. The second-order valence-corrected chi connectivity index (χ2v) is 5.96. The van der Waals surface area contributed by atoms with E-state index in [4.69, 9.17) is 5.11 Å². The average Bonchev–Trinajstić information content (AvgIpc) is 2.38. The van der Waals surface area contributed by atoms with Crippen molar-refractivity contribution in [2.75, 3.05) is 12.8 Å². The highest BCUT2D eigenvalue weighted by Gasteiger charge is 2.22. The first-order chi connectivity index (χ1) is 9.36. The fraction of sp³-hybridized carbons (Fsp3) is 0.467. The lowest BCUT2D eigenvalue weighted by Gasteiger charge is -2.17. The molecule has 0 heterocycles. The Labute approximate surface area is 124 Å². The highest BCUT2D eigenvalue weighted by Crippen LogP contribution is 2.19. The molecule has 0 aliphatic heterocycles. The Balaban J connectivity index is 2.79. The molecule has 2 N–H and O–H groups in total. The second-order valence-electron chi connectivity index (χ2n) is 5.08. The van der Waals surface area contributed by atoms with Crippen molar-refractivity contribution in [1.82, 2.24) is 5.32 Å². The number of thioether (sulfide) groups is 1. The smallest absolute Gasteiger partial charge is 0.308 e. The minimum atomic E-state index is -0.880. The topological polar surface area (TPSA) is 66.4 Å². The van der Waals surface area contributed by atoms with Crippen LogP contribution in [-0.2, 0) is 4.79 Å². The summed E-state index contributed by atoms with van der Waals surface area (Å²) in [7, 11) is 0. The Hall–Kier alpha value is -1.49. The van der Waals surface area contributed by atoms with Gasteiger partial charge in [-0.1, -0.05) is 19.9 Å². The molecule has 5 heteroatoms. The number of aliphatic carboxylic acids is 1. The molecular weight excluding hydrogens is 274 g/mol. The van der Waals surface area contributed by atoms with Gasteiger partial charge in [-0.25, -0.2) is 0 Å². The number of carbonyl (C=O) groups excluding carboxylic acids is 1. The van der Waals surface area contributed by atoms with Crippen LogP contribution in [0.3, 0.4) is 0 Å². The summed E-state index contributed by atoms with van der Waals surface area (Å²) in [6.07, 6.45) is 1.95. The first-order valence-corrected chi connectivity index (χ1v) is 7.75. The lowest BCUT2D eigenvalue weighted by molar-refractivity contribution is -0.142. The maximum absolute atomic E-state index is 12.2. The van der Waals surface area contributed by atoms with Crippen molar-refractivity contribution in [2.45, 2.75) is 25.7 Å². The van der Waals surface area contributed by atoms with E-state index in [0.717, 1.165) is 10.5 Å². The molecule has 1 unspecified atom stereocenters. The molecule has 0 aliphatic rings. The fourth-order valence-electron chi connectivity index (χ4n) is 1.88. The highest BCUT2D eigenvalue weighted by molar-refractivity contribution is 7.98. The molecule has 1 aromatic carbocycles. The molecule has 0 radical (unpaired) electrons. The lowest BCUT2D eigenvalue weighted by Crippen LogP contribution is -2.35. The molecule has 0 saturated carbocycles. The number of carboxylic acids is 1. The Bertz CT molecular complexity index is 500. The minimum Gasteiger partial charge on any atom is -0.481 e. The van der Waals surface area contributed by atoms with Crippen molar-refractivity contribution < 1.29 is 14.7 Å². The van der Waals surface area contributed by atoms with Gasteiger partial charge in [-0.15, -0.1) is 11.8 Å². The number of aryl methyl sites for hydroxylation is 1. The summed E-state index contributed by atoms with van der Waals surface area (Å²) in [5, 5.41) is 11.8. The quantitative estimate of drug-likeness (QED) is 0.792. The molecule has 0 aromatic heterocycles. The number of carbonyl (C=O) groups is 2. The van der Waals surface area contributed by atoms with Gasteiger partial charge < -0.3 is 10.4 Å². The van der Waals surface area contributed by atoms with E-state index < -0.39 is 11.9 Å². The maximum atomic E-state index is 12.2. The number of amides is 1. The van der Waals surface area contributed by atoms with E-state index in [1.165, 1.54) is 0 Å². The van der Waals surface area contributed by atoms with E-state index in [1.54, 1.807) is 11.8 Å². The molecule has 0 spiro atoms. The molecule has 1 amide bonds. The van der Waals surface area contributed by atoms with Crippen molar-refractivity contribution >= 4 is 23.6 Å². The third-order valence-electron chi connectivity index (χ3n) is 3.29. The van der Waals surface area contributed by atoms with Gasteiger partial charge in [0, 0.05) is 17.0 Å². The number of hydrogen-bond acceptors (Lipinski definition) is 3. The van der Waals surface area contributed by atoms with Crippen LogP contribution in [0.25, 0.3) is 0 Å². The molecule has 0 fully saturated rings. The van der Waals surface area contributed by atoms with Crippen molar-refractivity contribution in [3.63, 3.8) is 0 Å². The van der Waals surface area contributed by atoms with Crippen LogP contribution in [0.15, 0.2) is 23.1 Å². The largest absolute Gasteiger partial charge is 0.481 e. The number of nitrogens with one attached hydrogen (secondary N) is 1. The zero-order valence-electron chi connectivity index (χ0n) is 12.3. The van der Waals surface area contributed by atoms with Gasteiger partial charge in [0.05, 0.1) is 5.92 Å². The van der Waals surface area contributed by atoms with E-state index in [9.17, 15) is 9.59 Å². The summed E-state index contributed by atoms with van der Waals surface area (Å²) < 4.78 is 0. The molecule has 1 aromatic rings. The van der Waals surface area contributed by atoms with E-state index in [0.29, 0.717) is 5.56 Å². The Morgan fingerprint density at radius 1 is 1.35 bits per heavy atom. The van der Waals surface area contributed by atoms with Gasteiger partial charge in [0.1, 0.15) is 0 Å². The van der Waals surface area contributed by atoms with Crippen molar-refractivity contribution in [3.05, 3.63) is 29.3 Å². The predicted molar refractivity (Wildman–Crippen MR) is 81.3 cm³/mol. The molecule has 4 nitrogen and oxygen atoms in total. The van der Waals surface area contributed by atoms with Crippen molar-refractivity contribution in [2.24, 2.45) is 11.8 Å². The first-order valence-electron chi connectivity index (χ1n) is 6.52. The highest BCUT2D eigenvalue weighted by atomic mass is 32.2. The van der Waals surface area contributed by atoms with Crippen LogP contribution in [0.4, 0.5) is 0 Å². The van der Waals surface area contributed by atoms with Gasteiger partial charge >= 0.3 is 5.97 Å². The maximum Gasteiger partial charge on any atom is 0.308 e. The molecule has 0 aliphatic carbocycles. The molecule has 20 heavy (non-hydrogen) atoms. The average molecular weight is 295 g/mol. The van der Waals surface area contributed by atoms with E-state index in [2.05, 4.69) is 5.32 Å². The van der Waals surface area contributed by atoms with Gasteiger partial charge in [-0.3, -0.25) is 9.59 Å². The Morgan fingerprint density at radius 3 is 2.50 bits per heavy atom. The predicted octanol–water partition coefficient (Wildman–Crippen LogP) is 2.80. The second kappa shape index (κ2) is 7.33. The SMILES string of the molecule is CSc1ccc(C)c(C(=O)NCC(C(=O)O)C(C)C)c1. The van der Waals surface area contributed by atoms with Gasteiger partial charge in [0.25, 0.3) is 5.91 Å². The zero-order chi connectivity index (χ0) is 15.3. The normalized spacial score (nSPS) is 12.2. The molecular formula is C15H21NO3S. The summed E-state index contributed by atoms with van der Waals surface area (Å²) in [6, 6.07) is 5.70. The number of rotatable bonds is 6. The zero-order valence-corrected chi connectivity index (χ0v) is 13.1. The van der Waals surface area contributed by atoms with Crippen LogP contribution < -0.4 is 5.32 Å². The third kappa shape index (κ3) is 4.27.